The van der Waals surface area contributed by atoms with Gasteiger partial charge in [0.05, 0.1) is 6.42 Å². The molecular formula is C24H28FN3O. The summed E-state index contributed by atoms with van der Waals surface area (Å²) in [6.45, 7) is 1.52. The highest BCUT2D eigenvalue weighted by Gasteiger charge is 2.26. The summed E-state index contributed by atoms with van der Waals surface area (Å²) in [5.74, 6) is 0.0168. The Morgan fingerprint density at radius 3 is 2.59 bits per heavy atom. The van der Waals surface area contributed by atoms with Crippen LogP contribution in [0, 0.1) is 0 Å². The summed E-state index contributed by atoms with van der Waals surface area (Å²) in [5.41, 5.74) is 3.22. The van der Waals surface area contributed by atoms with Gasteiger partial charge >= 0.3 is 0 Å². The first-order chi connectivity index (χ1) is 14.1. The number of nitrogens with zero attached hydrogens (tertiary/aromatic N) is 2. The number of benzene rings is 2. The van der Waals surface area contributed by atoms with Crippen LogP contribution in [-0.2, 0) is 17.6 Å². The molecule has 1 amide bonds. The Kier molecular flexibility index (Phi) is 5.95. The van der Waals surface area contributed by atoms with Crippen molar-refractivity contribution in [1.29, 1.82) is 0 Å². The molecule has 1 aliphatic heterocycles. The van der Waals surface area contributed by atoms with E-state index in [2.05, 4.69) is 34.3 Å². The predicted molar refractivity (Wildman–Crippen MR) is 115 cm³/mol. The van der Waals surface area contributed by atoms with Crippen LogP contribution in [0.25, 0.3) is 10.9 Å². The number of alkyl halides is 1. The first-order valence-electron chi connectivity index (χ1n) is 10.4. The fourth-order valence-corrected chi connectivity index (χ4v) is 4.28. The van der Waals surface area contributed by atoms with E-state index in [1.165, 1.54) is 5.39 Å². The van der Waals surface area contributed by atoms with E-state index in [4.69, 9.17) is 0 Å². The second-order valence-corrected chi connectivity index (χ2v) is 7.86. The molecule has 0 spiro atoms. The molecule has 29 heavy (non-hydrogen) atoms. The number of hydrogen-bond acceptors (Lipinski definition) is 2. The zero-order valence-corrected chi connectivity index (χ0v) is 16.9. The summed E-state index contributed by atoms with van der Waals surface area (Å²) < 4.78 is 17.1. The molecular weight excluding hydrogens is 365 g/mol. The largest absolute Gasteiger partial charge is 0.359 e. The molecule has 4 rings (SSSR count). The highest BCUT2D eigenvalue weighted by molar-refractivity contribution is 5.84. The van der Waals surface area contributed by atoms with Crippen molar-refractivity contribution in [3.05, 3.63) is 71.9 Å². The summed E-state index contributed by atoms with van der Waals surface area (Å²) >= 11 is 0. The number of piperidine rings is 1. The minimum atomic E-state index is -0.932. The molecule has 1 aliphatic rings. The maximum atomic E-state index is 14.8. The van der Waals surface area contributed by atoms with E-state index >= 15 is 0 Å². The van der Waals surface area contributed by atoms with Gasteiger partial charge in [0.1, 0.15) is 0 Å². The van der Waals surface area contributed by atoms with Crippen LogP contribution < -0.4 is 5.32 Å². The van der Waals surface area contributed by atoms with E-state index in [9.17, 15) is 9.18 Å². The van der Waals surface area contributed by atoms with Crippen LogP contribution in [0.2, 0.25) is 0 Å². The van der Waals surface area contributed by atoms with Crippen molar-refractivity contribution in [3.63, 3.8) is 0 Å². The normalized spacial score (nSPS) is 16.8. The number of nitrogens with one attached hydrogen (secondary N) is 1. The number of amides is 1. The number of carbonyl (C=O) groups excluding carboxylic acids is 1. The molecule has 1 atom stereocenters. The Bertz CT molecular complexity index is 961. The van der Waals surface area contributed by atoms with Gasteiger partial charge < -0.3 is 9.88 Å². The average Bonchev–Trinajstić information content (AvgIpc) is 3.17. The van der Waals surface area contributed by atoms with E-state index in [0.717, 1.165) is 42.6 Å². The number of likely N-dealkylation sites (tertiary alicyclic amines) is 1. The van der Waals surface area contributed by atoms with Crippen LogP contribution in [0.3, 0.4) is 0 Å². The van der Waals surface area contributed by atoms with Crippen LogP contribution in [0.4, 0.5) is 4.39 Å². The third-order valence-corrected chi connectivity index (χ3v) is 5.97. The molecule has 0 aliphatic carbocycles. The van der Waals surface area contributed by atoms with Crippen molar-refractivity contribution in [3.8, 4) is 0 Å². The van der Waals surface area contributed by atoms with Gasteiger partial charge in [-0.05, 0) is 41.5 Å². The maximum absolute atomic E-state index is 14.8. The lowest BCUT2D eigenvalue weighted by molar-refractivity contribution is -0.119. The Balaban J connectivity index is 1.42. The first kappa shape index (κ1) is 19.6. The van der Waals surface area contributed by atoms with Crippen LogP contribution in [0.1, 0.15) is 30.0 Å². The molecule has 1 N–H and O–H groups in total. The van der Waals surface area contributed by atoms with Crippen molar-refractivity contribution in [2.75, 3.05) is 20.1 Å². The molecule has 152 valence electrons. The van der Waals surface area contributed by atoms with Gasteiger partial charge in [-0.3, -0.25) is 9.69 Å². The molecule has 2 aromatic carbocycles. The topological polar surface area (TPSA) is 37.3 Å². The molecule has 0 radical (unpaired) electrons. The highest BCUT2D eigenvalue weighted by Crippen LogP contribution is 2.29. The van der Waals surface area contributed by atoms with Crippen LogP contribution in [0.15, 0.2) is 60.8 Å². The van der Waals surface area contributed by atoms with E-state index in [0.29, 0.717) is 18.9 Å². The molecule has 2 heterocycles. The summed E-state index contributed by atoms with van der Waals surface area (Å²) in [5, 5.41) is 3.86. The zero-order chi connectivity index (χ0) is 20.2. The van der Waals surface area contributed by atoms with Gasteiger partial charge in [0.2, 0.25) is 5.91 Å². The van der Waals surface area contributed by atoms with Gasteiger partial charge in [-0.2, -0.15) is 0 Å². The summed E-state index contributed by atoms with van der Waals surface area (Å²) in [6, 6.07) is 18.6. The molecule has 4 nitrogen and oxygen atoms in total. The van der Waals surface area contributed by atoms with E-state index in [1.807, 2.05) is 41.3 Å². The lowest BCUT2D eigenvalue weighted by Gasteiger charge is -2.35. The van der Waals surface area contributed by atoms with Gasteiger partial charge in [-0.15, -0.1) is 0 Å². The van der Waals surface area contributed by atoms with Crippen LogP contribution >= 0.6 is 0 Å². The Morgan fingerprint density at radius 2 is 1.86 bits per heavy atom. The molecule has 1 unspecified atom stereocenters. The van der Waals surface area contributed by atoms with Crippen molar-refractivity contribution in [2.45, 2.75) is 38.0 Å². The summed E-state index contributed by atoms with van der Waals surface area (Å²) in [7, 11) is 1.66. The molecule has 0 bridgehead atoms. The third-order valence-electron chi connectivity index (χ3n) is 5.97. The molecule has 5 heteroatoms. The number of fused-ring (bicyclic) bond motifs is 1. The Hall–Kier alpha value is -2.66. The Morgan fingerprint density at radius 1 is 1.10 bits per heavy atom. The number of aromatic nitrogens is 1. The number of carbonyl (C=O) groups is 1. The fourth-order valence-electron chi connectivity index (χ4n) is 4.28. The van der Waals surface area contributed by atoms with E-state index < -0.39 is 6.30 Å². The van der Waals surface area contributed by atoms with E-state index in [1.54, 1.807) is 7.05 Å². The number of hydrogen-bond donors (Lipinski definition) is 1. The van der Waals surface area contributed by atoms with Crippen molar-refractivity contribution < 1.29 is 9.18 Å². The smallest absolute Gasteiger partial charge is 0.224 e. The molecule has 1 aromatic heterocycles. The fraction of sp³-hybridized carbons (Fsp3) is 0.375. The average molecular weight is 394 g/mol. The number of likely N-dealkylation sites (N-methyl/N-ethyl adjacent to an activating group) is 1. The molecule has 1 saturated heterocycles. The minimum Gasteiger partial charge on any atom is -0.359 e. The molecule has 3 aromatic rings. The second kappa shape index (κ2) is 8.78. The molecule has 0 saturated carbocycles. The SMILES string of the molecule is CNC(=O)Cc1ccc2ccn(C3CCN(C(F)Cc4ccccc4)CC3)c2c1. The standard InChI is InChI=1S/C24H28FN3O/c1-26-24(29)17-19-7-8-20-9-14-28(22(20)15-19)21-10-12-27(13-11-21)23(25)16-18-5-3-2-4-6-18/h2-9,14-15,21,23H,10-13,16-17H2,1H3,(H,26,29). The third kappa shape index (κ3) is 4.51. The Labute approximate surface area is 171 Å². The van der Waals surface area contributed by atoms with Gasteiger partial charge in [0.25, 0.3) is 0 Å². The van der Waals surface area contributed by atoms with Crippen molar-refractivity contribution >= 4 is 16.8 Å². The van der Waals surface area contributed by atoms with Gasteiger partial charge in [-0.25, -0.2) is 4.39 Å². The quantitative estimate of drug-likeness (QED) is 0.640. The second-order valence-electron chi connectivity index (χ2n) is 7.86. The zero-order valence-electron chi connectivity index (χ0n) is 16.9. The van der Waals surface area contributed by atoms with Gasteiger partial charge in [0, 0.05) is 44.3 Å². The highest BCUT2D eigenvalue weighted by atomic mass is 19.1. The lowest BCUT2D eigenvalue weighted by Crippen LogP contribution is -2.40. The van der Waals surface area contributed by atoms with Crippen LogP contribution in [-0.4, -0.2) is 41.8 Å². The maximum Gasteiger partial charge on any atom is 0.224 e. The van der Waals surface area contributed by atoms with Gasteiger partial charge in [-0.1, -0.05) is 42.5 Å². The van der Waals surface area contributed by atoms with Crippen LogP contribution in [0.5, 0.6) is 0 Å². The summed E-state index contributed by atoms with van der Waals surface area (Å²) in [6.07, 6.45) is 3.89. The number of halogens is 1. The molecule has 1 fully saturated rings. The minimum absolute atomic E-state index is 0.0168. The van der Waals surface area contributed by atoms with E-state index in [-0.39, 0.29) is 5.91 Å². The lowest BCUT2D eigenvalue weighted by atomic mass is 10.0. The monoisotopic (exact) mass is 393 g/mol. The number of rotatable bonds is 6. The van der Waals surface area contributed by atoms with Gasteiger partial charge in [0.15, 0.2) is 6.30 Å². The first-order valence-corrected chi connectivity index (χ1v) is 10.4. The predicted octanol–water partition coefficient (Wildman–Crippen LogP) is 4.11. The summed E-state index contributed by atoms with van der Waals surface area (Å²) in [4.78, 5) is 13.7. The van der Waals surface area contributed by atoms with Crippen molar-refractivity contribution in [1.82, 2.24) is 14.8 Å². The van der Waals surface area contributed by atoms with Crippen molar-refractivity contribution in [2.24, 2.45) is 0 Å².